The second-order valence-corrected chi connectivity index (χ2v) is 5.83. The Kier molecular flexibility index (Phi) is 5.65. The van der Waals surface area contributed by atoms with E-state index in [4.69, 9.17) is 4.74 Å². The highest BCUT2D eigenvalue weighted by Crippen LogP contribution is 2.17. The van der Waals surface area contributed by atoms with Crippen LogP contribution in [0.5, 0.6) is 5.75 Å². The van der Waals surface area contributed by atoms with E-state index in [9.17, 15) is 4.21 Å². The van der Waals surface area contributed by atoms with Gasteiger partial charge in [0.2, 0.25) is 0 Å². The van der Waals surface area contributed by atoms with Crippen LogP contribution in [-0.4, -0.2) is 29.2 Å². The zero-order chi connectivity index (χ0) is 12.8. The molecule has 1 aromatic rings. The standard InChI is InChI=1S/C13H21NO2S/c1-5-14-10(2)11(3)17(15)13-8-6-12(16-4)7-9-13/h6-11,14H,5H2,1-4H3. The predicted octanol–water partition coefficient (Wildman–Crippen LogP) is 2.19. The number of ether oxygens (including phenoxy) is 1. The van der Waals surface area contributed by atoms with Gasteiger partial charge in [0.1, 0.15) is 5.75 Å². The average molecular weight is 255 g/mol. The minimum absolute atomic E-state index is 0.0864. The van der Waals surface area contributed by atoms with Crippen molar-refractivity contribution in [3.05, 3.63) is 24.3 Å². The highest BCUT2D eigenvalue weighted by molar-refractivity contribution is 7.85. The molecule has 0 bridgehead atoms. The number of nitrogens with one attached hydrogen (secondary N) is 1. The minimum atomic E-state index is -0.988. The second kappa shape index (κ2) is 6.77. The van der Waals surface area contributed by atoms with Crippen molar-refractivity contribution >= 4 is 10.8 Å². The van der Waals surface area contributed by atoms with E-state index in [1.807, 2.05) is 31.2 Å². The smallest absolute Gasteiger partial charge is 0.118 e. The number of hydrogen-bond donors (Lipinski definition) is 1. The first kappa shape index (κ1) is 14.2. The fraction of sp³-hybridized carbons (Fsp3) is 0.538. The van der Waals surface area contributed by atoms with E-state index in [1.165, 1.54) is 0 Å². The molecule has 3 atom stereocenters. The van der Waals surface area contributed by atoms with Gasteiger partial charge in [0.05, 0.1) is 23.2 Å². The zero-order valence-electron chi connectivity index (χ0n) is 10.9. The Labute approximate surface area is 106 Å². The molecule has 96 valence electrons. The Hall–Kier alpha value is -0.870. The van der Waals surface area contributed by atoms with Gasteiger partial charge in [-0.1, -0.05) is 6.92 Å². The van der Waals surface area contributed by atoms with Crippen LogP contribution in [0.1, 0.15) is 20.8 Å². The summed E-state index contributed by atoms with van der Waals surface area (Å²) in [6.45, 7) is 7.02. The van der Waals surface area contributed by atoms with Crippen LogP contribution in [0.4, 0.5) is 0 Å². The summed E-state index contributed by atoms with van der Waals surface area (Å²) in [6, 6.07) is 7.66. The van der Waals surface area contributed by atoms with Gasteiger partial charge in [0.25, 0.3) is 0 Å². The Balaban J connectivity index is 2.74. The monoisotopic (exact) mass is 255 g/mol. The van der Waals surface area contributed by atoms with E-state index in [-0.39, 0.29) is 11.3 Å². The average Bonchev–Trinajstić information content (AvgIpc) is 2.37. The molecule has 0 saturated heterocycles. The van der Waals surface area contributed by atoms with Crippen molar-refractivity contribution in [2.24, 2.45) is 0 Å². The van der Waals surface area contributed by atoms with Crippen molar-refractivity contribution in [2.45, 2.75) is 37.0 Å². The Bertz CT molecular complexity index is 364. The van der Waals surface area contributed by atoms with Crippen molar-refractivity contribution in [1.82, 2.24) is 5.32 Å². The minimum Gasteiger partial charge on any atom is -0.497 e. The molecule has 1 N–H and O–H groups in total. The molecule has 1 aromatic carbocycles. The molecule has 3 nitrogen and oxygen atoms in total. The van der Waals surface area contributed by atoms with Crippen LogP contribution in [-0.2, 0) is 10.8 Å². The number of benzene rings is 1. The first-order valence-electron chi connectivity index (χ1n) is 5.88. The third-order valence-electron chi connectivity index (χ3n) is 2.86. The maximum atomic E-state index is 12.3. The number of rotatable bonds is 6. The predicted molar refractivity (Wildman–Crippen MR) is 72.0 cm³/mol. The van der Waals surface area contributed by atoms with E-state index in [2.05, 4.69) is 19.2 Å². The van der Waals surface area contributed by atoms with Crippen LogP contribution < -0.4 is 10.1 Å². The van der Waals surface area contributed by atoms with Gasteiger partial charge in [0, 0.05) is 10.9 Å². The molecule has 0 spiro atoms. The molecule has 0 aromatic heterocycles. The normalized spacial score (nSPS) is 16.2. The van der Waals surface area contributed by atoms with Crippen LogP contribution in [0.15, 0.2) is 29.2 Å². The second-order valence-electron chi connectivity index (χ2n) is 4.02. The Morgan fingerprint density at radius 2 is 1.88 bits per heavy atom. The molecule has 0 aliphatic heterocycles. The van der Waals surface area contributed by atoms with Crippen LogP contribution in [0, 0.1) is 0 Å². The number of methoxy groups -OCH3 is 1. The van der Waals surface area contributed by atoms with Gasteiger partial charge in [-0.25, -0.2) is 0 Å². The van der Waals surface area contributed by atoms with Crippen molar-refractivity contribution in [3.63, 3.8) is 0 Å². The van der Waals surface area contributed by atoms with Gasteiger partial charge in [-0.3, -0.25) is 4.21 Å². The summed E-state index contributed by atoms with van der Waals surface area (Å²) < 4.78 is 17.4. The van der Waals surface area contributed by atoms with Crippen LogP contribution in [0.3, 0.4) is 0 Å². The lowest BCUT2D eigenvalue weighted by Gasteiger charge is -2.20. The SMILES string of the molecule is CCNC(C)C(C)S(=O)c1ccc(OC)cc1. The summed E-state index contributed by atoms with van der Waals surface area (Å²) >= 11 is 0. The lowest BCUT2D eigenvalue weighted by atomic mass is 10.2. The third kappa shape index (κ3) is 3.82. The summed E-state index contributed by atoms with van der Waals surface area (Å²) in [6.07, 6.45) is 0. The molecular formula is C13H21NO2S. The topological polar surface area (TPSA) is 38.3 Å². The molecule has 0 fully saturated rings. The quantitative estimate of drug-likeness (QED) is 0.847. The molecule has 0 heterocycles. The molecule has 1 rings (SSSR count). The van der Waals surface area contributed by atoms with Crippen molar-refractivity contribution in [1.29, 1.82) is 0 Å². The molecule has 0 radical (unpaired) electrons. The molecule has 0 saturated carbocycles. The Morgan fingerprint density at radius 1 is 1.29 bits per heavy atom. The van der Waals surface area contributed by atoms with E-state index in [0.717, 1.165) is 17.2 Å². The molecule has 0 amide bonds. The summed E-state index contributed by atoms with van der Waals surface area (Å²) in [5.74, 6) is 0.790. The highest BCUT2D eigenvalue weighted by Gasteiger charge is 2.19. The van der Waals surface area contributed by atoms with Crippen LogP contribution >= 0.6 is 0 Å². The van der Waals surface area contributed by atoms with Gasteiger partial charge < -0.3 is 10.1 Å². The van der Waals surface area contributed by atoms with E-state index in [0.29, 0.717) is 0 Å². The molecule has 3 unspecified atom stereocenters. The lowest BCUT2D eigenvalue weighted by Crippen LogP contribution is -2.37. The van der Waals surface area contributed by atoms with Crippen molar-refractivity contribution in [2.75, 3.05) is 13.7 Å². The summed E-state index contributed by atoms with van der Waals surface area (Å²) in [7, 11) is 0.639. The highest BCUT2D eigenvalue weighted by atomic mass is 32.2. The molecule has 17 heavy (non-hydrogen) atoms. The largest absolute Gasteiger partial charge is 0.497 e. The third-order valence-corrected chi connectivity index (χ3v) is 4.68. The van der Waals surface area contributed by atoms with Gasteiger partial charge >= 0.3 is 0 Å². The fourth-order valence-electron chi connectivity index (χ4n) is 1.60. The summed E-state index contributed by atoms with van der Waals surface area (Å²) in [5, 5.41) is 3.39. The summed E-state index contributed by atoms with van der Waals surface area (Å²) in [4.78, 5) is 0.850. The van der Waals surface area contributed by atoms with Gasteiger partial charge in [-0.15, -0.1) is 0 Å². The van der Waals surface area contributed by atoms with Gasteiger partial charge in [-0.2, -0.15) is 0 Å². The van der Waals surface area contributed by atoms with E-state index < -0.39 is 10.8 Å². The van der Waals surface area contributed by atoms with Gasteiger partial charge in [0.15, 0.2) is 0 Å². The maximum absolute atomic E-state index is 12.3. The molecule has 0 aliphatic rings. The zero-order valence-corrected chi connectivity index (χ0v) is 11.7. The van der Waals surface area contributed by atoms with Crippen molar-refractivity contribution in [3.8, 4) is 5.75 Å². The maximum Gasteiger partial charge on any atom is 0.118 e. The van der Waals surface area contributed by atoms with Crippen LogP contribution in [0.2, 0.25) is 0 Å². The fourth-order valence-corrected chi connectivity index (χ4v) is 2.90. The molecular weight excluding hydrogens is 234 g/mol. The van der Waals surface area contributed by atoms with Gasteiger partial charge in [-0.05, 0) is 44.7 Å². The summed E-state index contributed by atoms with van der Waals surface area (Å²) in [5.41, 5.74) is 0. The van der Waals surface area contributed by atoms with E-state index in [1.54, 1.807) is 7.11 Å². The first-order valence-corrected chi connectivity index (χ1v) is 7.09. The molecule has 0 aliphatic carbocycles. The lowest BCUT2D eigenvalue weighted by molar-refractivity contribution is 0.414. The molecule has 4 heteroatoms. The Morgan fingerprint density at radius 3 is 2.35 bits per heavy atom. The first-order chi connectivity index (χ1) is 8.10. The van der Waals surface area contributed by atoms with E-state index >= 15 is 0 Å². The number of hydrogen-bond acceptors (Lipinski definition) is 3. The van der Waals surface area contributed by atoms with Crippen LogP contribution in [0.25, 0.3) is 0 Å². The van der Waals surface area contributed by atoms with Crippen molar-refractivity contribution < 1.29 is 8.95 Å².